The van der Waals surface area contributed by atoms with Crippen molar-refractivity contribution >= 4 is 29.0 Å². The molecule has 1 N–H and O–H groups in total. The van der Waals surface area contributed by atoms with Crippen molar-refractivity contribution in [3.8, 4) is 0 Å². The lowest BCUT2D eigenvalue weighted by Crippen LogP contribution is -2.09. The molecule has 0 spiro atoms. The van der Waals surface area contributed by atoms with E-state index >= 15 is 0 Å². The molecule has 0 atom stereocenters. The molecule has 0 saturated heterocycles. The van der Waals surface area contributed by atoms with Crippen LogP contribution >= 0.6 is 23.2 Å². The summed E-state index contributed by atoms with van der Waals surface area (Å²) in [6.45, 7) is 10.2. The summed E-state index contributed by atoms with van der Waals surface area (Å²) in [4.78, 5) is 0. The van der Waals surface area contributed by atoms with Gasteiger partial charge >= 0.3 is 0 Å². The molecule has 2 aromatic rings. The van der Waals surface area contributed by atoms with Gasteiger partial charge in [-0.2, -0.15) is 0 Å². The molecule has 0 aliphatic heterocycles. The van der Waals surface area contributed by atoms with Gasteiger partial charge in [-0.1, -0.05) is 61.8 Å². The lowest BCUT2D eigenvalue weighted by atomic mass is 9.93. The fourth-order valence-electron chi connectivity index (χ4n) is 1.81. The summed E-state index contributed by atoms with van der Waals surface area (Å²) >= 11 is 12.0. The van der Waals surface area contributed by atoms with Crippen LogP contribution in [-0.2, 0) is 11.8 Å². The van der Waals surface area contributed by atoms with Crippen molar-refractivity contribution in [2.45, 2.75) is 32.6 Å². The fourth-order valence-corrected chi connectivity index (χ4v) is 2.28. The Morgan fingerprint density at radius 3 is 2.57 bits per heavy atom. The lowest BCUT2D eigenvalue weighted by Gasteiger charge is -2.12. The number of nitrogens with zero attached hydrogens (tertiary/aromatic N) is 1. The highest BCUT2D eigenvalue weighted by atomic mass is 35.5. The molecule has 0 radical (unpaired) electrons. The van der Waals surface area contributed by atoms with Gasteiger partial charge in [-0.05, 0) is 17.7 Å². The van der Waals surface area contributed by atoms with Crippen molar-refractivity contribution in [2.75, 3.05) is 5.32 Å². The van der Waals surface area contributed by atoms with Gasteiger partial charge in [0.15, 0.2) is 5.82 Å². The van der Waals surface area contributed by atoms with Crippen LogP contribution in [0.3, 0.4) is 0 Å². The molecular formula is C16H18Cl2N2O. The molecule has 3 nitrogen and oxygen atoms in total. The molecule has 21 heavy (non-hydrogen) atoms. The van der Waals surface area contributed by atoms with Crippen LogP contribution in [0.25, 0.3) is 0 Å². The highest BCUT2D eigenvalue weighted by Crippen LogP contribution is 2.26. The Bertz CT molecular complexity index is 657. The molecule has 5 heteroatoms. The van der Waals surface area contributed by atoms with E-state index in [0.29, 0.717) is 22.3 Å². The number of anilines is 1. The van der Waals surface area contributed by atoms with Crippen LogP contribution in [-0.4, -0.2) is 5.16 Å². The van der Waals surface area contributed by atoms with E-state index in [1.54, 1.807) is 6.07 Å². The van der Waals surface area contributed by atoms with Gasteiger partial charge in [0.1, 0.15) is 5.76 Å². The second-order valence-corrected chi connectivity index (χ2v) is 6.81. The molecule has 0 aliphatic rings. The summed E-state index contributed by atoms with van der Waals surface area (Å²) in [5.74, 6) is 1.47. The summed E-state index contributed by atoms with van der Waals surface area (Å²) in [7, 11) is 0. The lowest BCUT2D eigenvalue weighted by molar-refractivity contribution is 0.331. The number of halogens is 2. The Balaban J connectivity index is 2.03. The molecule has 1 heterocycles. The zero-order valence-corrected chi connectivity index (χ0v) is 13.8. The Hall–Kier alpha value is -1.45. The number of hydrogen-bond acceptors (Lipinski definition) is 3. The van der Waals surface area contributed by atoms with Crippen molar-refractivity contribution in [3.63, 3.8) is 0 Å². The standard InChI is InChI=1S/C16H18Cl2N2O/c1-10(7-11-5-6-12(17)8-13(11)18)19-15-9-14(21-20-15)16(2,3)4/h5-6,8-9H,1,7H2,2-4H3,(H,19,20). The molecule has 1 aromatic heterocycles. The number of rotatable bonds is 4. The maximum absolute atomic E-state index is 6.15. The van der Waals surface area contributed by atoms with Gasteiger partial charge in [-0.15, -0.1) is 0 Å². The molecule has 1 aromatic carbocycles. The second kappa shape index (κ2) is 6.12. The van der Waals surface area contributed by atoms with E-state index in [0.717, 1.165) is 17.0 Å². The predicted octanol–water partition coefficient (Wildman–Crippen LogP) is 5.45. The van der Waals surface area contributed by atoms with Crippen molar-refractivity contribution in [3.05, 3.63) is 57.9 Å². The van der Waals surface area contributed by atoms with Gasteiger partial charge in [0.2, 0.25) is 0 Å². The number of hydrogen-bond donors (Lipinski definition) is 1. The highest BCUT2D eigenvalue weighted by Gasteiger charge is 2.19. The van der Waals surface area contributed by atoms with E-state index in [1.165, 1.54) is 0 Å². The van der Waals surface area contributed by atoms with Crippen molar-refractivity contribution in [2.24, 2.45) is 0 Å². The maximum atomic E-state index is 6.15. The van der Waals surface area contributed by atoms with E-state index in [-0.39, 0.29) is 5.41 Å². The molecule has 0 aliphatic carbocycles. The van der Waals surface area contributed by atoms with Gasteiger partial charge in [0, 0.05) is 33.6 Å². The van der Waals surface area contributed by atoms with Crippen molar-refractivity contribution in [1.82, 2.24) is 5.16 Å². The van der Waals surface area contributed by atoms with E-state index in [2.05, 4.69) is 37.8 Å². The zero-order valence-electron chi connectivity index (χ0n) is 12.3. The second-order valence-electron chi connectivity index (χ2n) is 5.97. The first-order valence-electron chi connectivity index (χ1n) is 6.61. The van der Waals surface area contributed by atoms with Gasteiger partial charge in [0.05, 0.1) is 0 Å². The number of benzene rings is 1. The first-order valence-corrected chi connectivity index (χ1v) is 7.37. The first-order chi connectivity index (χ1) is 9.75. The fraction of sp³-hybridized carbons (Fsp3) is 0.312. The third-order valence-electron chi connectivity index (χ3n) is 2.97. The van der Waals surface area contributed by atoms with Gasteiger partial charge in [0.25, 0.3) is 0 Å². The summed E-state index contributed by atoms with van der Waals surface area (Å²) in [6, 6.07) is 7.30. The van der Waals surface area contributed by atoms with Crippen LogP contribution in [0.1, 0.15) is 32.1 Å². The van der Waals surface area contributed by atoms with Crippen molar-refractivity contribution in [1.29, 1.82) is 0 Å². The molecule has 112 valence electrons. The zero-order chi connectivity index (χ0) is 15.6. The predicted molar refractivity (Wildman–Crippen MR) is 88.1 cm³/mol. The van der Waals surface area contributed by atoms with Crippen molar-refractivity contribution < 1.29 is 4.52 Å². The topological polar surface area (TPSA) is 38.1 Å². The first kappa shape index (κ1) is 15.9. The summed E-state index contributed by atoms with van der Waals surface area (Å²) in [5, 5.41) is 8.38. The van der Waals surface area contributed by atoms with E-state index in [1.807, 2.05) is 18.2 Å². The average molecular weight is 325 g/mol. The summed E-state index contributed by atoms with van der Waals surface area (Å²) < 4.78 is 5.32. The molecule has 0 unspecified atom stereocenters. The summed E-state index contributed by atoms with van der Waals surface area (Å²) in [5.41, 5.74) is 1.67. The SMILES string of the molecule is C=C(Cc1ccc(Cl)cc1Cl)Nc1cc(C(C)(C)C)on1. The number of nitrogens with one attached hydrogen (secondary N) is 1. The van der Waals surface area contributed by atoms with E-state index in [4.69, 9.17) is 27.7 Å². The molecular weight excluding hydrogens is 307 g/mol. The van der Waals surface area contributed by atoms with Gasteiger partial charge in [-0.25, -0.2) is 0 Å². The highest BCUT2D eigenvalue weighted by molar-refractivity contribution is 6.35. The number of aromatic nitrogens is 1. The van der Waals surface area contributed by atoms with E-state index < -0.39 is 0 Å². The van der Waals surface area contributed by atoms with Crippen LogP contribution < -0.4 is 5.32 Å². The molecule has 0 saturated carbocycles. The molecule has 2 rings (SSSR count). The van der Waals surface area contributed by atoms with Crippen LogP contribution in [0.5, 0.6) is 0 Å². The minimum absolute atomic E-state index is 0.0756. The normalized spacial score (nSPS) is 11.5. The van der Waals surface area contributed by atoms with Crippen LogP contribution in [0, 0.1) is 0 Å². The van der Waals surface area contributed by atoms with Crippen LogP contribution in [0.2, 0.25) is 10.0 Å². The third-order valence-corrected chi connectivity index (χ3v) is 3.56. The average Bonchev–Trinajstić information content (AvgIpc) is 2.81. The Morgan fingerprint density at radius 2 is 2.00 bits per heavy atom. The largest absolute Gasteiger partial charge is 0.359 e. The third kappa shape index (κ3) is 4.26. The minimum atomic E-state index is -0.0756. The number of allylic oxidation sites excluding steroid dienone is 1. The van der Waals surface area contributed by atoms with Crippen LogP contribution in [0.4, 0.5) is 5.82 Å². The van der Waals surface area contributed by atoms with Crippen LogP contribution in [0.15, 0.2) is 41.1 Å². The van der Waals surface area contributed by atoms with Gasteiger partial charge in [-0.3, -0.25) is 0 Å². The Kier molecular flexibility index (Phi) is 4.64. The molecule has 0 bridgehead atoms. The maximum Gasteiger partial charge on any atom is 0.173 e. The Labute approximate surface area is 134 Å². The Morgan fingerprint density at radius 1 is 1.29 bits per heavy atom. The molecule has 0 fully saturated rings. The van der Waals surface area contributed by atoms with E-state index in [9.17, 15) is 0 Å². The minimum Gasteiger partial charge on any atom is -0.359 e. The monoisotopic (exact) mass is 324 g/mol. The molecule has 0 amide bonds. The summed E-state index contributed by atoms with van der Waals surface area (Å²) in [6.07, 6.45) is 0.591. The van der Waals surface area contributed by atoms with Gasteiger partial charge < -0.3 is 9.84 Å². The smallest absolute Gasteiger partial charge is 0.173 e. The quantitative estimate of drug-likeness (QED) is 0.812.